The van der Waals surface area contributed by atoms with Gasteiger partial charge in [0.25, 0.3) is 21.9 Å². The summed E-state index contributed by atoms with van der Waals surface area (Å²) in [6.07, 6.45) is 6.59. The zero-order chi connectivity index (χ0) is 34.9. The van der Waals surface area contributed by atoms with Crippen molar-refractivity contribution in [3.8, 4) is 23.0 Å². The molecule has 4 aliphatic rings. The maximum Gasteiger partial charge on any atom is 0.288 e. The van der Waals surface area contributed by atoms with Crippen molar-refractivity contribution in [1.29, 1.82) is 0 Å². The van der Waals surface area contributed by atoms with E-state index in [2.05, 4.69) is 5.32 Å². The number of aryl methyl sites for hydroxylation is 1. The highest BCUT2D eigenvalue weighted by molar-refractivity contribution is 7.86. The van der Waals surface area contributed by atoms with Crippen molar-refractivity contribution >= 4 is 34.8 Å². The maximum absolute atomic E-state index is 14.1. The normalized spacial score (nSPS) is 22.9. The van der Waals surface area contributed by atoms with E-state index in [9.17, 15) is 27.1 Å². The van der Waals surface area contributed by atoms with Crippen LogP contribution in [0.2, 0.25) is 0 Å². The number of nitrogens with zero attached hydrogens (tertiary/aromatic N) is 2. The molecule has 49 heavy (non-hydrogen) atoms. The molecule has 0 saturated carbocycles. The number of benzene rings is 2. The molecule has 15 heteroatoms. The Hall–Kier alpha value is -3.48. The number of ether oxygens (including phenoxy) is 4. The van der Waals surface area contributed by atoms with Gasteiger partial charge in [0.2, 0.25) is 0 Å². The van der Waals surface area contributed by atoms with Crippen molar-refractivity contribution in [2.75, 3.05) is 64.3 Å². The van der Waals surface area contributed by atoms with E-state index in [4.69, 9.17) is 18.9 Å². The Kier molecular flexibility index (Phi) is 10.4. The summed E-state index contributed by atoms with van der Waals surface area (Å²) in [5.41, 5.74) is 2.02. The van der Waals surface area contributed by atoms with Crippen LogP contribution in [0.15, 0.2) is 24.3 Å². The first-order chi connectivity index (χ1) is 23.5. The fraction of sp³-hybridized carbons (Fsp3) is 0.588. The van der Waals surface area contributed by atoms with E-state index < -0.39 is 28.7 Å². The Morgan fingerprint density at radius 2 is 1.45 bits per heavy atom. The number of amides is 2. The molecule has 2 fully saturated rings. The second kappa shape index (κ2) is 14.4. The third kappa shape index (κ3) is 7.23. The van der Waals surface area contributed by atoms with Gasteiger partial charge in [-0.3, -0.25) is 14.1 Å². The summed E-state index contributed by atoms with van der Waals surface area (Å²) in [4.78, 5) is 30.1. The van der Waals surface area contributed by atoms with Gasteiger partial charge in [-0.15, -0.1) is 0 Å². The first-order valence-corrected chi connectivity index (χ1v) is 20.8. The Labute approximate surface area is 287 Å². The first kappa shape index (κ1) is 35.3. The van der Waals surface area contributed by atoms with Crippen LogP contribution < -0.4 is 24.3 Å². The number of methoxy groups -OCH3 is 2. The van der Waals surface area contributed by atoms with Gasteiger partial charge in [-0.25, -0.2) is 0 Å². The lowest BCUT2D eigenvalue weighted by molar-refractivity contribution is 0.0733. The summed E-state index contributed by atoms with van der Waals surface area (Å²) in [5.74, 6) is 1.21. The molecule has 2 amide bonds. The van der Waals surface area contributed by atoms with Crippen LogP contribution in [0, 0.1) is 0 Å². The van der Waals surface area contributed by atoms with Crippen LogP contribution >= 0.6 is 7.14 Å². The fourth-order valence-electron chi connectivity index (χ4n) is 7.71. The zero-order valence-corrected chi connectivity index (χ0v) is 30.0. The summed E-state index contributed by atoms with van der Waals surface area (Å²) in [5, 5.41) is 1.48. The monoisotopic (exact) mass is 719 g/mol. The number of carbonyl (C=O) groups is 2. The van der Waals surface area contributed by atoms with E-state index >= 15 is 0 Å². The van der Waals surface area contributed by atoms with Crippen LogP contribution in [0.3, 0.4) is 0 Å². The summed E-state index contributed by atoms with van der Waals surface area (Å²) in [6.45, 7) is 3.41. The van der Waals surface area contributed by atoms with Crippen LogP contribution in [0.4, 0.5) is 5.69 Å². The van der Waals surface area contributed by atoms with Crippen molar-refractivity contribution in [3.05, 3.63) is 41.0 Å². The minimum atomic E-state index is -4.54. The summed E-state index contributed by atoms with van der Waals surface area (Å²) < 4.78 is 72.1. The van der Waals surface area contributed by atoms with Crippen LogP contribution in [0.25, 0.3) is 0 Å². The molecular formula is C34H46N3O10PS. The lowest BCUT2D eigenvalue weighted by Crippen LogP contribution is -2.47. The van der Waals surface area contributed by atoms with E-state index in [0.717, 1.165) is 37.8 Å². The molecule has 2 unspecified atom stereocenters. The van der Waals surface area contributed by atoms with Crippen LogP contribution in [-0.4, -0.2) is 111 Å². The van der Waals surface area contributed by atoms with Crippen molar-refractivity contribution in [2.24, 2.45) is 0 Å². The predicted octanol–water partition coefficient (Wildman–Crippen LogP) is 4.73. The first-order valence-electron chi connectivity index (χ1n) is 17.1. The van der Waals surface area contributed by atoms with Gasteiger partial charge in [0.1, 0.15) is 0 Å². The molecule has 4 atom stereocenters. The molecule has 0 aliphatic carbocycles. The second-order valence-electron chi connectivity index (χ2n) is 13.3. The minimum Gasteiger partial charge on any atom is -0.493 e. The highest BCUT2D eigenvalue weighted by Gasteiger charge is 2.45. The van der Waals surface area contributed by atoms with Gasteiger partial charge in [-0.1, -0.05) is 6.92 Å². The Balaban J connectivity index is 1.13. The third-order valence-electron chi connectivity index (χ3n) is 10.2. The number of fused-ring (bicyclic) bond motifs is 4. The van der Waals surface area contributed by atoms with Crippen LogP contribution in [0.1, 0.15) is 71.7 Å². The predicted molar refractivity (Wildman–Crippen MR) is 185 cm³/mol. The fourth-order valence-corrected chi connectivity index (χ4v) is 11.0. The summed E-state index contributed by atoms with van der Waals surface area (Å²) in [7, 11) is -4.31. The molecule has 0 radical (unpaired) electrons. The molecule has 0 bridgehead atoms. The highest BCUT2D eigenvalue weighted by atomic mass is 32.2. The quantitative estimate of drug-likeness (QED) is 0.218. The van der Waals surface area contributed by atoms with Gasteiger partial charge in [-0.2, -0.15) is 8.42 Å². The number of rotatable bonds is 13. The minimum absolute atomic E-state index is 0.0411. The topological polar surface area (TPSA) is 161 Å². The number of carbonyl (C=O) groups excluding carboxylic acids is 2. The van der Waals surface area contributed by atoms with Gasteiger partial charge >= 0.3 is 0 Å². The van der Waals surface area contributed by atoms with E-state index in [-0.39, 0.29) is 60.0 Å². The van der Waals surface area contributed by atoms with E-state index in [1.54, 1.807) is 13.2 Å². The van der Waals surface area contributed by atoms with Crippen molar-refractivity contribution in [3.63, 3.8) is 0 Å². The molecule has 13 nitrogen and oxygen atoms in total. The zero-order valence-electron chi connectivity index (χ0n) is 28.3. The number of nitrogens with one attached hydrogen (secondary N) is 1. The second-order valence-corrected chi connectivity index (χ2v) is 18.3. The van der Waals surface area contributed by atoms with Gasteiger partial charge in [0.15, 0.2) is 28.4 Å². The largest absolute Gasteiger partial charge is 0.493 e. The lowest BCUT2D eigenvalue weighted by Gasteiger charge is -2.27. The smallest absolute Gasteiger partial charge is 0.288 e. The van der Waals surface area contributed by atoms with Gasteiger partial charge in [0.05, 0.1) is 51.9 Å². The van der Waals surface area contributed by atoms with Crippen LogP contribution in [-0.2, 0) is 21.1 Å². The highest BCUT2D eigenvalue weighted by Crippen LogP contribution is 2.47. The third-order valence-corrected chi connectivity index (χ3v) is 14.5. The molecule has 4 heterocycles. The molecule has 2 N–H and O–H groups in total. The van der Waals surface area contributed by atoms with Crippen LogP contribution in [0.5, 0.6) is 23.0 Å². The molecule has 268 valence electrons. The van der Waals surface area contributed by atoms with Gasteiger partial charge < -0.3 is 38.6 Å². The van der Waals surface area contributed by atoms with E-state index in [0.29, 0.717) is 55.2 Å². The average molecular weight is 720 g/mol. The van der Waals surface area contributed by atoms with Crippen molar-refractivity contribution in [2.45, 2.75) is 69.3 Å². The van der Waals surface area contributed by atoms with Gasteiger partial charge in [0, 0.05) is 49.2 Å². The number of anilines is 1. The van der Waals surface area contributed by atoms with E-state index in [1.165, 1.54) is 24.1 Å². The van der Waals surface area contributed by atoms with Crippen molar-refractivity contribution < 1.29 is 46.1 Å². The SMILES string of the molecule is CCCP(=O)(CCOc1cc2c(cc1OC)C(=O)N1CCC[C@H]1CC2)CCOc1cc2c(cc1OC)C(=O)N1CCC[C@H]1C(S(=O)(=O)O)N2. The molecule has 2 aromatic carbocycles. The standard InChI is InChI=1S/C34H46N3O10PS/c1-4-15-48(40,16-13-46-30-18-22-9-10-23-7-5-11-36(23)33(38)24(22)19-28(30)44-2)17-14-47-31-21-26-25(20-29(31)45-3)34(39)37-12-6-8-27(37)32(35-26)49(41,42)43/h18-21,23,27,32,35H,4-17H2,1-3H3,(H,41,42,43)/t23-,27-,32?,48?/m0/s1. The molecule has 0 aromatic heterocycles. The Bertz CT molecular complexity index is 1750. The Morgan fingerprint density at radius 1 is 0.837 bits per heavy atom. The molecule has 6 rings (SSSR count). The number of hydrogen-bond donors (Lipinski definition) is 2. The summed E-state index contributed by atoms with van der Waals surface area (Å²) >= 11 is 0. The molecule has 0 spiro atoms. The average Bonchev–Trinajstić information content (AvgIpc) is 3.70. The van der Waals surface area contributed by atoms with Gasteiger partial charge in [-0.05, 0) is 68.7 Å². The molecular weight excluding hydrogens is 673 g/mol. The lowest BCUT2D eigenvalue weighted by atomic mass is 10.0. The van der Waals surface area contributed by atoms with E-state index in [1.807, 2.05) is 17.9 Å². The number of hydrogen-bond acceptors (Lipinski definition) is 10. The maximum atomic E-state index is 14.1. The molecule has 2 saturated heterocycles. The molecule has 4 aliphatic heterocycles. The Morgan fingerprint density at radius 3 is 2.10 bits per heavy atom. The van der Waals surface area contributed by atoms with Crippen molar-refractivity contribution in [1.82, 2.24) is 9.80 Å². The summed E-state index contributed by atoms with van der Waals surface area (Å²) in [6, 6.07) is 6.23. The molecule has 2 aromatic rings.